The second kappa shape index (κ2) is 5.62. The summed E-state index contributed by atoms with van der Waals surface area (Å²) in [5.41, 5.74) is 8.49. The summed E-state index contributed by atoms with van der Waals surface area (Å²) in [6.07, 6.45) is 0.0849. The molecule has 88 valence electrons. The van der Waals surface area contributed by atoms with E-state index in [0.717, 1.165) is 0 Å². The Hall–Kier alpha value is -1.21. The van der Waals surface area contributed by atoms with E-state index < -0.39 is 30.2 Å². The zero-order chi connectivity index (χ0) is 12.1. The molecule has 0 bridgehead atoms. The van der Waals surface area contributed by atoms with E-state index >= 15 is 0 Å². The Morgan fingerprint density at radius 2 is 1.93 bits per heavy atom. The van der Waals surface area contributed by atoms with Crippen LogP contribution in [0.3, 0.4) is 0 Å². The lowest BCUT2D eigenvalue weighted by atomic mass is 9.94. The molecule has 0 amide bonds. The van der Waals surface area contributed by atoms with Crippen molar-refractivity contribution in [2.75, 3.05) is 6.67 Å². The number of aliphatic carboxylic acids is 2. The Kier molecular flexibility index (Phi) is 5.16. The molecule has 0 saturated heterocycles. The zero-order valence-electron chi connectivity index (χ0n) is 8.15. The van der Waals surface area contributed by atoms with E-state index in [4.69, 9.17) is 21.7 Å². The Morgan fingerprint density at radius 3 is 2.27 bits per heavy atom. The molecule has 0 aliphatic heterocycles. The van der Waals surface area contributed by atoms with Crippen LogP contribution in [0.1, 0.15) is 19.3 Å². The smallest absolute Gasteiger partial charge is 0.326 e. The number of rotatable bonds is 7. The first-order chi connectivity index (χ1) is 6.83. The minimum atomic E-state index is -1.93. The van der Waals surface area contributed by atoms with E-state index in [-0.39, 0.29) is 19.3 Å². The Balaban J connectivity index is 4.03. The molecule has 0 heterocycles. The summed E-state index contributed by atoms with van der Waals surface area (Å²) in [4.78, 5) is 20.9. The largest absolute Gasteiger partial charge is 0.480 e. The summed E-state index contributed by atoms with van der Waals surface area (Å²) in [7, 11) is 0. The van der Waals surface area contributed by atoms with E-state index in [9.17, 15) is 14.0 Å². The van der Waals surface area contributed by atoms with Gasteiger partial charge in [0.25, 0.3) is 0 Å². The normalized spacial score (nSPS) is 16.7. The summed E-state index contributed by atoms with van der Waals surface area (Å²) >= 11 is 0. The molecule has 0 radical (unpaired) electrons. The van der Waals surface area contributed by atoms with Crippen LogP contribution in [-0.4, -0.2) is 40.4 Å². The van der Waals surface area contributed by atoms with Gasteiger partial charge in [0.2, 0.25) is 0 Å². The van der Waals surface area contributed by atoms with Crippen LogP contribution in [0.2, 0.25) is 0 Å². The van der Waals surface area contributed by atoms with E-state index in [2.05, 4.69) is 0 Å². The van der Waals surface area contributed by atoms with Gasteiger partial charge in [-0.3, -0.25) is 9.59 Å². The maximum atomic E-state index is 12.3. The Labute approximate surface area is 86.1 Å². The minimum Gasteiger partial charge on any atom is -0.480 e. The number of carboxylic acid groups (broad SMARTS) is 2. The van der Waals surface area contributed by atoms with Gasteiger partial charge in [0.15, 0.2) is 0 Å². The van der Waals surface area contributed by atoms with Crippen LogP contribution in [0.4, 0.5) is 4.39 Å². The summed E-state index contributed by atoms with van der Waals surface area (Å²) in [5, 5.41) is 17.0. The van der Waals surface area contributed by atoms with Gasteiger partial charge in [-0.25, -0.2) is 4.39 Å². The minimum absolute atomic E-state index is 0.0710. The number of alkyl halides is 1. The van der Waals surface area contributed by atoms with Crippen molar-refractivity contribution < 1.29 is 24.2 Å². The number of halogens is 1. The fourth-order valence-electron chi connectivity index (χ4n) is 0.992. The van der Waals surface area contributed by atoms with Gasteiger partial charge < -0.3 is 21.7 Å². The number of nitrogens with two attached hydrogens (primary N) is 2. The molecule has 6 nitrogen and oxygen atoms in total. The van der Waals surface area contributed by atoms with Gasteiger partial charge in [-0.1, -0.05) is 0 Å². The molecule has 2 atom stereocenters. The summed E-state index contributed by atoms with van der Waals surface area (Å²) in [6, 6.07) is -1.07. The maximum Gasteiger partial charge on any atom is 0.326 e. The Bertz CT molecular complexity index is 249. The molecule has 0 spiro atoms. The second-order valence-corrected chi connectivity index (χ2v) is 3.43. The monoisotopic (exact) mass is 222 g/mol. The summed E-state index contributed by atoms with van der Waals surface area (Å²) < 4.78 is 12.3. The highest BCUT2D eigenvalue weighted by atomic mass is 19.1. The van der Waals surface area contributed by atoms with Crippen molar-refractivity contribution in [1.82, 2.24) is 0 Å². The third kappa shape index (κ3) is 4.22. The molecule has 2 unspecified atom stereocenters. The molecule has 0 fully saturated rings. The molecule has 0 rings (SSSR count). The van der Waals surface area contributed by atoms with Gasteiger partial charge in [-0.15, -0.1) is 0 Å². The first-order valence-corrected chi connectivity index (χ1v) is 4.40. The van der Waals surface area contributed by atoms with Gasteiger partial charge in [-0.05, 0) is 19.3 Å². The van der Waals surface area contributed by atoms with Gasteiger partial charge in [0.1, 0.15) is 18.3 Å². The number of carbonyl (C=O) groups is 2. The molecule has 0 aromatic rings. The van der Waals surface area contributed by atoms with Crippen molar-refractivity contribution in [3.63, 3.8) is 0 Å². The van der Waals surface area contributed by atoms with E-state index in [1.54, 1.807) is 0 Å². The van der Waals surface area contributed by atoms with E-state index in [0.29, 0.717) is 0 Å². The number of carboxylic acids is 2. The highest BCUT2D eigenvalue weighted by Crippen LogP contribution is 2.13. The van der Waals surface area contributed by atoms with Gasteiger partial charge in [0.05, 0.1) is 0 Å². The fraction of sp³-hybridized carbons (Fsp3) is 0.750. The van der Waals surface area contributed by atoms with Gasteiger partial charge in [-0.2, -0.15) is 0 Å². The molecule has 7 heteroatoms. The van der Waals surface area contributed by atoms with Crippen molar-refractivity contribution in [3.8, 4) is 0 Å². The van der Waals surface area contributed by atoms with Crippen LogP contribution < -0.4 is 11.5 Å². The fourth-order valence-corrected chi connectivity index (χ4v) is 0.992. The average molecular weight is 222 g/mol. The molecule has 0 aliphatic rings. The molecule has 0 saturated carbocycles. The molecule has 0 aromatic heterocycles. The number of hydrogen-bond donors (Lipinski definition) is 4. The summed E-state index contributed by atoms with van der Waals surface area (Å²) in [5.74, 6) is -2.61. The SMILES string of the molecule is NC(CCCC(N)(CF)C(=O)O)C(=O)O. The summed E-state index contributed by atoms with van der Waals surface area (Å²) in [6.45, 7) is -1.19. The lowest BCUT2D eigenvalue weighted by Crippen LogP contribution is -2.50. The van der Waals surface area contributed by atoms with Crippen molar-refractivity contribution in [1.29, 1.82) is 0 Å². The lowest BCUT2D eigenvalue weighted by Gasteiger charge is -2.20. The van der Waals surface area contributed by atoms with Crippen molar-refractivity contribution in [3.05, 3.63) is 0 Å². The number of hydrogen-bond acceptors (Lipinski definition) is 4. The second-order valence-electron chi connectivity index (χ2n) is 3.43. The van der Waals surface area contributed by atoms with Crippen LogP contribution in [-0.2, 0) is 9.59 Å². The third-order valence-electron chi connectivity index (χ3n) is 2.12. The van der Waals surface area contributed by atoms with Crippen LogP contribution >= 0.6 is 0 Å². The highest BCUT2D eigenvalue weighted by Gasteiger charge is 2.33. The third-order valence-corrected chi connectivity index (χ3v) is 2.12. The van der Waals surface area contributed by atoms with Crippen molar-refractivity contribution in [2.45, 2.75) is 30.8 Å². The van der Waals surface area contributed by atoms with Crippen LogP contribution in [0.15, 0.2) is 0 Å². The van der Waals surface area contributed by atoms with Crippen LogP contribution in [0.5, 0.6) is 0 Å². The first-order valence-electron chi connectivity index (χ1n) is 4.40. The average Bonchev–Trinajstić information content (AvgIpc) is 2.16. The predicted molar refractivity (Wildman–Crippen MR) is 50.0 cm³/mol. The van der Waals surface area contributed by atoms with Gasteiger partial charge >= 0.3 is 11.9 Å². The van der Waals surface area contributed by atoms with Gasteiger partial charge in [0, 0.05) is 0 Å². The lowest BCUT2D eigenvalue weighted by molar-refractivity contribution is -0.144. The molecule has 0 aromatic carbocycles. The van der Waals surface area contributed by atoms with Crippen LogP contribution in [0.25, 0.3) is 0 Å². The van der Waals surface area contributed by atoms with Crippen molar-refractivity contribution >= 4 is 11.9 Å². The standard InChI is InChI=1S/C8H15FN2O4/c9-4-8(11,7(14)15)3-1-2-5(10)6(12)13/h5H,1-4,10-11H2,(H,12,13)(H,14,15). The molecular weight excluding hydrogens is 207 g/mol. The topological polar surface area (TPSA) is 127 Å². The van der Waals surface area contributed by atoms with Crippen LogP contribution in [0, 0.1) is 0 Å². The highest BCUT2D eigenvalue weighted by molar-refractivity contribution is 5.78. The van der Waals surface area contributed by atoms with E-state index in [1.165, 1.54) is 0 Å². The van der Waals surface area contributed by atoms with E-state index in [1.807, 2.05) is 0 Å². The van der Waals surface area contributed by atoms with Crippen molar-refractivity contribution in [2.24, 2.45) is 11.5 Å². The first kappa shape index (κ1) is 13.8. The molecule has 15 heavy (non-hydrogen) atoms. The predicted octanol–water partition coefficient (Wildman–Crippen LogP) is -0.680. The Morgan fingerprint density at radius 1 is 1.40 bits per heavy atom. The zero-order valence-corrected chi connectivity index (χ0v) is 8.15. The molecule has 6 N–H and O–H groups in total. The molecular formula is C8H15FN2O4. The maximum absolute atomic E-state index is 12.3. The molecule has 0 aliphatic carbocycles. The quantitative estimate of drug-likeness (QED) is 0.452.